The number of nitro benzene ring substituents is 1. The fraction of sp³-hybridized carbons (Fsp3) is 0.0833. The van der Waals surface area contributed by atoms with E-state index in [9.17, 15) is 10.1 Å². The second-order valence-corrected chi connectivity index (χ2v) is 6.96. The van der Waals surface area contributed by atoms with E-state index in [1.54, 1.807) is 12.1 Å². The summed E-state index contributed by atoms with van der Waals surface area (Å²) >= 11 is 0. The van der Waals surface area contributed by atoms with Gasteiger partial charge in [0.2, 0.25) is 0 Å². The van der Waals surface area contributed by atoms with Gasteiger partial charge in [-0.3, -0.25) is 10.1 Å². The summed E-state index contributed by atoms with van der Waals surface area (Å²) in [6, 6.07) is 21.5. The van der Waals surface area contributed by atoms with Gasteiger partial charge in [0, 0.05) is 31.9 Å². The molecule has 138 valence electrons. The summed E-state index contributed by atoms with van der Waals surface area (Å²) in [5.74, 6) is 0. The van der Waals surface area contributed by atoms with Crippen molar-refractivity contribution in [2.24, 2.45) is 0 Å². The standard InChI is InChI=1S/C24H20N2O2/c1-25(2)18-12-10-17(11-13-18)6-5-9-22-20-7-3-4-8-21(20)23-15-14-19(26(27)28)16-24(22)23/h3-16H,1-2H3/b6-5-,22-9-. The van der Waals surface area contributed by atoms with Gasteiger partial charge in [0.1, 0.15) is 0 Å². The third-order valence-electron chi connectivity index (χ3n) is 4.97. The van der Waals surface area contributed by atoms with Gasteiger partial charge in [-0.2, -0.15) is 0 Å². The predicted molar refractivity (Wildman–Crippen MR) is 115 cm³/mol. The molecule has 1 aliphatic carbocycles. The first-order valence-electron chi connectivity index (χ1n) is 9.09. The first kappa shape index (κ1) is 17.7. The Morgan fingerprint density at radius 2 is 1.54 bits per heavy atom. The number of benzene rings is 3. The van der Waals surface area contributed by atoms with Crippen LogP contribution in [0.2, 0.25) is 0 Å². The van der Waals surface area contributed by atoms with E-state index >= 15 is 0 Å². The van der Waals surface area contributed by atoms with E-state index in [2.05, 4.69) is 41.3 Å². The van der Waals surface area contributed by atoms with Gasteiger partial charge >= 0.3 is 0 Å². The second kappa shape index (κ2) is 7.16. The summed E-state index contributed by atoms with van der Waals surface area (Å²) in [4.78, 5) is 12.9. The molecule has 3 aromatic rings. The molecule has 3 aromatic carbocycles. The normalized spacial score (nSPS) is 13.6. The number of nitrogens with zero attached hydrogens (tertiary/aromatic N) is 2. The predicted octanol–water partition coefficient (Wildman–Crippen LogP) is 5.79. The lowest BCUT2D eigenvalue weighted by atomic mass is 10.0. The van der Waals surface area contributed by atoms with E-state index in [1.807, 2.05) is 50.5 Å². The smallest absolute Gasteiger partial charge is 0.270 e. The van der Waals surface area contributed by atoms with Gasteiger partial charge in [-0.05, 0) is 51.6 Å². The Labute approximate surface area is 164 Å². The number of non-ortho nitro benzene ring substituents is 1. The SMILES string of the molecule is CN(C)c1ccc(/C=C\C=C2\c3ccccc3-c3ccc([N+](=O)[O-])cc32)cc1. The fourth-order valence-corrected chi connectivity index (χ4v) is 3.52. The molecular weight excluding hydrogens is 348 g/mol. The average Bonchev–Trinajstić information content (AvgIpc) is 3.02. The Balaban J connectivity index is 1.72. The molecule has 0 bridgehead atoms. The van der Waals surface area contributed by atoms with E-state index < -0.39 is 0 Å². The van der Waals surface area contributed by atoms with Crippen LogP contribution in [-0.2, 0) is 0 Å². The minimum Gasteiger partial charge on any atom is -0.378 e. The molecule has 4 rings (SSSR count). The molecule has 0 aliphatic heterocycles. The first-order chi connectivity index (χ1) is 13.5. The van der Waals surface area contributed by atoms with Crippen LogP contribution in [0.5, 0.6) is 0 Å². The van der Waals surface area contributed by atoms with Crippen molar-refractivity contribution in [1.29, 1.82) is 0 Å². The van der Waals surface area contributed by atoms with Crippen molar-refractivity contribution in [2.75, 3.05) is 19.0 Å². The van der Waals surface area contributed by atoms with Crippen LogP contribution in [0.1, 0.15) is 16.7 Å². The summed E-state index contributed by atoms with van der Waals surface area (Å²) in [5.41, 5.74) is 7.54. The maximum Gasteiger partial charge on any atom is 0.270 e. The zero-order valence-corrected chi connectivity index (χ0v) is 15.8. The number of anilines is 1. The first-order valence-corrected chi connectivity index (χ1v) is 9.09. The van der Waals surface area contributed by atoms with Crippen LogP contribution in [0, 0.1) is 10.1 Å². The molecule has 0 N–H and O–H groups in total. The second-order valence-electron chi connectivity index (χ2n) is 6.96. The molecule has 0 fully saturated rings. The van der Waals surface area contributed by atoms with Crippen molar-refractivity contribution in [3.8, 4) is 11.1 Å². The van der Waals surface area contributed by atoms with Crippen molar-refractivity contribution in [1.82, 2.24) is 0 Å². The monoisotopic (exact) mass is 368 g/mol. The lowest BCUT2D eigenvalue weighted by Gasteiger charge is -2.11. The molecule has 28 heavy (non-hydrogen) atoms. The Hall–Kier alpha value is -3.66. The molecule has 1 aliphatic rings. The molecule has 0 spiro atoms. The third-order valence-corrected chi connectivity index (χ3v) is 4.97. The minimum atomic E-state index is -0.344. The lowest BCUT2D eigenvalue weighted by molar-refractivity contribution is -0.384. The topological polar surface area (TPSA) is 46.4 Å². The molecule has 0 radical (unpaired) electrons. The van der Waals surface area contributed by atoms with Crippen LogP contribution in [0.3, 0.4) is 0 Å². The van der Waals surface area contributed by atoms with E-state index in [0.717, 1.165) is 39.1 Å². The average molecular weight is 368 g/mol. The molecule has 0 unspecified atom stereocenters. The van der Waals surface area contributed by atoms with Crippen molar-refractivity contribution in [2.45, 2.75) is 0 Å². The van der Waals surface area contributed by atoms with Crippen LogP contribution < -0.4 is 4.90 Å². The highest BCUT2D eigenvalue weighted by Crippen LogP contribution is 2.45. The number of nitro groups is 1. The molecule has 4 nitrogen and oxygen atoms in total. The van der Waals surface area contributed by atoms with Gasteiger partial charge in [0.25, 0.3) is 5.69 Å². The minimum absolute atomic E-state index is 0.112. The van der Waals surface area contributed by atoms with Gasteiger partial charge in [-0.1, -0.05) is 54.6 Å². The molecule has 4 heteroatoms. The number of rotatable bonds is 4. The summed E-state index contributed by atoms with van der Waals surface area (Å²) < 4.78 is 0. The Morgan fingerprint density at radius 3 is 2.21 bits per heavy atom. The third kappa shape index (κ3) is 3.21. The van der Waals surface area contributed by atoms with Gasteiger partial charge in [-0.25, -0.2) is 0 Å². The highest BCUT2D eigenvalue weighted by atomic mass is 16.6. The molecule has 0 atom stereocenters. The lowest BCUT2D eigenvalue weighted by Crippen LogP contribution is -2.07. The van der Waals surface area contributed by atoms with Crippen LogP contribution >= 0.6 is 0 Å². The summed E-state index contributed by atoms with van der Waals surface area (Å²) in [6.45, 7) is 0. The number of hydrogen-bond acceptors (Lipinski definition) is 3. The van der Waals surface area contributed by atoms with E-state index in [1.165, 1.54) is 0 Å². The van der Waals surface area contributed by atoms with Crippen LogP contribution in [0.4, 0.5) is 11.4 Å². The molecule has 0 saturated carbocycles. The zero-order valence-electron chi connectivity index (χ0n) is 15.8. The van der Waals surface area contributed by atoms with E-state index in [-0.39, 0.29) is 10.6 Å². The fourth-order valence-electron chi connectivity index (χ4n) is 3.52. The highest BCUT2D eigenvalue weighted by Gasteiger charge is 2.24. The Bertz CT molecular complexity index is 1110. The maximum absolute atomic E-state index is 11.2. The van der Waals surface area contributed by atoms with Gasteiger partial charge in [-0.15, -0.1) is 0 Å². The summed E-state index contributed by atoms with van der Waals surface area (Å²) in [7, 11) is 4.03. The molecular formula is C24H20N2O2. The quantitative estimate of drug-likeness (QED) is 0.338. The molecule has 0 heterocycles. The largest absolute Gasteiger partial charge is 0.378 e. The number of fused-ring (bicyclic) bond motifs is 3. The van der Waals surface area contributed by atoms with Crippen molar-refractivity contribution in [3.63, 3.8) is 0 Å². The molecule has 0 amide bonds. The molecule has 0 saturated heterocycles. The Kier molecular flexibility index (Phi) is 4.53. The van der Waals surface area contributed by atoms with Gasteiger partial charge < -0.3 is 4.90 Å². The van der Waals surface area contributed by atoms with Crippen LogP contribution in [0.15, 0.2) is 78.9 Å². The molecule has 0 aromatic heterocycles. The van der Waals surface area contributed by atoms with E-state index in [4.69, 9.17) is 0 Å². The van der Waals surface area contributed by atoms with Crippen LogP contribution in [-0.4, -0.2) is 19.0 Å². The maximum atomic E-state index is 11.2. The summed E-state index contributed by atoms with van der Waals surface area (Å²) in [5, 5.41) is 11.2. The summed E-state index contributed by atoms with van der Waals surface area (Å²) in [6.07, 6.45) is 6.09. The van der Waals surface area contributed by atoms with Gasteiger partial charge in [0.05, 0.1) is 4.92 Å². The highest BCUT2D eigenvalue weighted by molar-refractivity contribution is 6.02. The van der Waals surface area contributed by atoms with Crippen molar-refractivity contribution >= 4 is 23.0 Å². The van der Waals surface area contributed by atoms with Crippen molar-refractivity contribution in [3.05, 3.63) is 106 Å². The zero-order chi connectivity index (χ0) is 19.7. The Morgan fingerprint density at radius 1 is 0.857 bits per heavy atom. The van der Waals surface area contributed by atoms with Crippen LogP contribution in [0.25, 0.3) is 22.8 Å². The van der Waals surface area contributed by atoms with Gasteiger partial charge in [0.15, 0.2) is 0 Å². The van der Waals surface area contributed by atoms with E-state index in [0.29, 0.717) is 0 Å². The number of allylic oxidation sites excluding steroid dienone is 2. The van der Waals surface area contributed by atoms with Crippen molar-refractivity contribution < 1.29 is 4.92 Å². The number of hydrogen-bond donors (Lipinski definition) is 0.